The average molecular weight is 847 g/mol. The fourth-order valence-electron chi connectivity index (χ4n) is 8.67. The van der Waals surface area contributed by atoms with Crippen LogP contribution >= 0.6 is 0 Å². The van der Waals surface area contributed by atoms with Crippen LogP contribution in [0, 0.1) is 32.9 Å². The van der Waals surface area contributed by atoms with Crippen molar-refractivity contribution in [2.75, 3.05) is 4.90 Å². The third-order valence-electron chi connectivity index (χ3n) is 10.7. The molecule has 4 heteroatoms. The number of pyridine rings is 2. The molecular weight excluding hydrogens is 814 g/mol. The van der Waals surface area contributed by atoms with Crippen molar-refractivity contribution >= 4 is 60.4 Å². The van der Waals surface area contributed by atoms with Gasteiger partial charge in [0.2, 0.25) is 0 Å². The van der Waals surface area contributed by atoms with Gasteiger partial charge in [0, 0.05) is 0 Å². The second-order valence-electron chi connectivity index (χ2n) is 13.8. The first-order valence-electron chi connectivity index (χ1n) is 17.5. The molecule has 52 heavy (non-hydrogen) atoms. The Hall–Kier alpha value is -5.63. The zero-order valence-electron chi connectivity index (χ0n) is 29.0. The van der Waals surface area contributed by atoms with Gasteiger partial charge in [0.25, 0.3) is 0 Å². The molecule has 2 aromatic heterocycles. The maximum absolute atomic E-state index is 5.66. The van der Waals surface area contributed by atoms with Crippen LogP contribution in [-0.2, 0) is 26.5 Å². The van der Waals surface area contributed by atoms with Crippen LogP contribution < -0.4 is 4.90 Å². The molecule has 1 aliphatic rings. The molecule has 0 N–H and O–H groups in total. The largest absolute Gasteiger partial charge is 2.00 e. The standard InChI is InChI=1S/C48H33N3.Pt/c1-30-28-31(2)47(32(3)29-30)51-41-18-10-8-16-39(41)48(40-17-9-11-19-42(40)51,43-26-24-35-22-20-33-12-4-6-14-37(33)45(35)49-43)44-27-25-36-23-21-34-13-5-7-15-38(34)46(36)50-44;/h4-13,16-29H,1-3H3;/q-2;+2. The summed E-state index contributed by atoms with van der Waals surface area (Å²) in [4.78, 5) is 13.8. The molecule has 1 aliphatic heterocycles. The summed E-state index contributed by atoms with van der Waals surface area (Å²) in [5, 5.41) is 6.44. The van der Waals surface area contributed by atoms with Crippen molar-refractivity contribution in [2.45, 2.75) is 26.2 Å². The van der Waals surface area contributed by atoms with E-state index in [9.17, 15) is 0 Å². The Morgan fingerprint density at radius 3 is 1.44 bits per heavy atom. The van der Waals surface area contributed by atoms with E-state index in [1.165, 1.54) is 22.4 Å². The second kappa shape index (κ2) is 12.3. The smallest absolute Gasteiger partial charge is 0.309 e. The van der Waals surface area contributed by atoms with E-state index in [1.807, 2.05) is 24.3 Å². The monoisotopic (exact) mass is 846 g/mol. The van der Waals surface area contributed by atoms with E-state index in [1.54, 1.807) is 0 Å². The average Bonchev–Trinajstić information content (AvgIpc) is 3.17. The van der Waals surface area contributed by atoms with Crippen molar-refractivity contribution in [1.29, 1.82) is 0 Å². The predicted octanol–water partition coefficient (Wildman–Crippen LogP) is 11.8. The van der Waals surface area contributed by atoms with Crippen LogP contribution in [0.3, 0.4) is 0 Å². The summed E-state index contributed by atoms with van der Waals surface area (Å²) in [5.74, 6) is 0. The third-order valence-corrected chi connectivity index (χ3v) is 10.7. The molecular formula is C48H33N3Pt. The Balaban J connectivity index is 0.00000360. The molecule has 0 bridgehead atoms. The van der Waals surface area contributed by atoms with Gasteiger partial charge >= 0.3 is 21.1 Å². The van der Waals surface area contributed by atoms with Crippen LogP contribution in [-0.4, -0.2) is 9.97 Å². The topological polar surface area (TPSA) is 29.0 Å². The summed E-state index contributed by atoms with van der Waals surface area (Å²) in [6, 6.07) is 59.1. The molecule has 0 radical (unpaired) electrons. The van der Waals surface area contributed by atoms with Crippen molar-refractivity contribution in [3.8, 4) is 0 Å². The van der Waals surface area contributed by atoms with Crippen molar-refractivity contribution in [3.63, 3.8) is 0 Å². The minimum absolute atomic E-state index is 0. The van der Waals surface area contributed by atoms with Crippen LogP contribution in [0.2, 0.25) is 0 Å². The van der Waals surface area contributed by atoms with Gasteiger partial charge in [0.1, 0.15) is 5.41 Å². The second-order valence-corrected chi connectivity index (χ2v) is 13.8. The van der Waals surface area contributed by atoms with Crippen molar-refractivity contribution in [3.05, 3.63) is 197 Å². The molecule has 0 saturated carbocycles. The number of hydrogen-bond acceptors (Lipinski definition) is 3. The molecule has 250 valence electrons. The molecule has 0 amide bonds. The molecule has 9 aromatic rings. The Labute approximate surface area is 317 Å². The van der Waals surface area contributed by atoms with Crippen LogP contribution in [0.4, 0.5) is 17.1 Å². The van der Waals surface area contributed by atoms with Crippen LogP contribution in [0.1, 0.15) is 39.2 Å². The Morgan fingerprint density at radius 1 is 0.500 bits per heavy atom. The first kappa shape index (κ1) is 32.3. The minimum Gasteiger partial charge on any atom is -0.309 e. The first-order valence-corrected chi connectivity index (χ1v) is 17.5. The SMILES string of the molecule is Cc1cc(C)c(N2c3ccccc3C(c3ccc4ccc5ccc[c-]c5c4n3)(c3ccc4ccc5ccc[c-]c5c4n3)c3ccccc32)c(C)c1.[Pt+2]. The molecule has 0 aliphatic carbocycles. The quantitative estimate of drug-likeness (QED) is 0.131. The van der Waals surface area contributed by atoms with Crippen molar-refractivity contribution < 1.29 is 21.1 Å². The number of rotatable bonds is 3. The Kier molecular flexibility index (Phi) is 7.61. The van der Waals surface area contributed by atoms with Gasteiger partial charge in [-0.05, 0) is 89.1 Å². The summed E-state index contributed by atoms with van der Waals surface area (Å²) in [5.41, 5.74) is 12.3. The van der Waals surface area contributed by atoms with Gasteiger partial charge in [0.15, 0.2) is 0 Å². The van der Waals surface area contributed by atoms with Gasteiger partial charge in [-0.2, -0.15) is 0 Å². The molecule has 0 unspecified atom stereocenters. The number of anilines is 3. The van der Waals surface area contributed by atoms with Gasteiger partial charge in [-0.15, -0.1) is 70.1 Å². The van der Waals surface area contributed by atoms with Crippen LogP contribution in [0.5, 0.6) is 0 Å². The fraction of sp³-hybridized carbons (Fsp3) is 0.0833. The van der Waals surface area contributed by atoms with Gasteiger partial charge in [-0.1, -0.05) is 90.5 Å². The zero-order chi connectivity index (χ0) is 34.3. The number of benzene rings is 7. The molecule has 0 fully saturated rings. The van der Waals surface area contributed by atoms with Crippen LogP contribution in [0.25, 0.3) is 43.4 Å². The van der Waals surface area contributed by atoms with Gasteiger partial charge in [-0.3, -0.25) is 9.97 Å². The predicted molar refractivity (Wildman–Crippen MR) is 210 cm³/mol. The summed E-state index contributed by atoms with van der Waals surface area (Å²) >= 11 is 0. The first-order chi connectivity index (χ1) is 25.0. The molecule has 7 aromatic carbocycles. The number of aryl methyl sites for hydroxylation is 3. The molecule has 0 atom stereocenters. The Bertz CT molecular complexity index is 2680. The van der Waals surface area contributed by atoms with Crippen molar-refractivity contribution in [1.82, 2.24) is 9.97 Å². The maximum Gasteiger partial charge on any atom is 2.00 e. The number of hydrogen-bond donors (Lipinski definition) is 0. The zero-order valence-corrected chi connectivity index (χ0v) is 31.3. The third kappa shape index (κ3) is 4.62. The fourth-order valence-corrected chi connectivity index (χ4v) is 8.67. The molecule has 3 nitrogen and oxygen atoms in total. The van der Waals surface area contributed by atoms with E-state index >= 15 is 0 Å². The summed E-state index contributed by atoms with van der Waals surface area (Å²) in [7, 11) is 0. The molecule has 0 spiro atoms. The summed E-state index contributed by atoms with van der Waals surface area (Å²) in [6.07, 6.45) is 0. The van der Waals surface area contributed by atoms with E-state index in [2.05, 4.69) is 159 Å². The number of para-hydroxylation sites is 2. The minimum atomic E-state index is -0.855. The van der Waals surface area contributed by atoms with E-state index in [0.29, 0.717) is 0 Å². The normalized spacial score (nSPS) is 13.2. The van der Waals surface area contributed by atoms with Gasteiger partial charge in [0.05, 0.1) is 28.5 Å². The van der Waals surface area contributed by atoms with E-state index in [-0.39, 0.29) is 21.1 Å². The van der Waals surface area contributed by atoms with Crippen molar-refractivity contribution in [2.24, 2.45) is 0 Å². The summed E-state index contributed by atoms with van der Waals surface area (Å²) in [6.45, 7) is 6.62. The number of fused-ring (bicyclic) bond motifs is 8. The summed E-state index contributed by atoms with van der Waals surface area (Å²) < 4.78 is 0. The maximum atomic E-state index is 5.66. The molecule has 3 heterocycles. The Morgan fingerprint density at radius 2 is 0.942 bits per heavy atom. The number of nitrogens with zero attached hydrogens (tertiary/aromatic N) is 3. The number of aromatic nitrogens is 2. The molecule has 0 saturated heterocycles. The van der Waals surface area contributed by atoms with E-state index < -0.39 is 5.41 Å². The van der Waals surface area contributed by atoms with Gasteiger partial charge < -0.3 is 4.90 Å². The van der Waals surface area contributed by atoms with Gasteiger partial charge in [-0.25, -0.2) is 0 Å². The molecule has 10 rings (SSSR count). The van der Waals surface area contributed by atoms with E-state index in [0.717, 1.165) is 77.2 Å². The van der Waals surface area contributed by atoms with Crippen LogP contribution in [0.15, 0.2) is 146 Å². The van der Waals surface area contributed by atoms with E-state index in [4.69, 9.17) is 9.97 Å².